The molecule has 0 unspecified atom stereocenters. The summed E-state index contributed by atoms with van der Waals surface area (Å²) < 4.78 is 15.6. The molecule has 0 spiro atoms. The lowest BCUT2D eigenvalue weighted by Crippen LogP contribution is -2.36. The Hall–Kier alpha value is -0.650. The zero-order valence-corrected chi connectivity index (χ0v) is 10.1. The first-order valence-electron chi connectivity index (χ1n) is 5.46. The SMILES string of the molecule is CC(C)(C)OC(=O)C[C@H]1C[C@@H](CO)OCO1. The first-order chi connectivity index (χ1) is 7.40. The molecule has 0 amide bonds. The van der Waals surface area contributed by atoms with Crippen molar-refractivity contribution in [1.82, 2.24) is 0 Å². The molecule has 1 heterocycles. The molecule has 1 aliphatic rings. The van der Waals surface area contributed by atoms with E-state index in [2.05, 4.69) is 0 Å². The first kappa shape index (κ1) is 13.4. The third kappa shape index (κ3) is 4.92. The fourth-order valence-electron chi connectivity index (χ4n) is 1.50. The van der Waals surface area contributed by atoms with Crippen LogP contribution >= 0.6 is 0 Å². The molecule has 0 aromatic heterocycles. The summed E-state index contributed by atoms with van der Waals surface area (Å²) in [7, 11) is 0. The van der Waals surface area contributed by atoms with Gasteiger partial charge in [-0.2, -0.15) is 0 Å². The third-order valence-corrected chi connectivity index (χ3v) is 2.15. The monoisotopic (exact) mass is 232 g/mol. The number of ether oxygens (including phenoxy) is 3. The van der Waals surface area contributed by atoms with Crippen LogP contribution in [0.25, 0.3) is 0 Å². The van der Waals surface area contributed by atoms with Crippen molar-refractivity contribution < 1.29 is 24.1 Å². The quantitative estimate of drug-likeness (QED) is 0.730. The van der Waals surface area contributed by atoms with E-state index >= 15 is 0 Å². The van der Waals surface area contributed by atoms with Crippen molar-refractivity contribution >= 4 is 5.97 Å². The van der Waals surface area contributed by atoms with Gasteiger partial charge in [-0.3, -0.25) is 4.79 Å². The van der Waals surface area contributed by atoms with Crippen molar-refractivity contribution in [1.29, 1.82) is 0 Å². The lowest BCUT2D eigenvalue weighted by Gasteiger charge is -2.29. The maximum atomic E-state index is 11.5. The number of rotatable bonds is 3. The maximum absolute atomic E-state index is 11.5. The maximum Gasteiger partial charge on any atom is 0.308 e. The van der Waals surface area contributed by atoms with Crippen LogP contribution in [0.5, 0.6) is 0 Å². The van der Waals surface area contributed by atoms with Gasteiger partial charge < -0.3 is 19.3 Å². The van der Waals surface area contributed by atoms with E-state index in [0.717, 1.165) is 0 Å². The summed E-state index contributed by atoms with van der Waals surface area (Å²) in [6.07, 6.45) is 0.273. The zero-order chi connectivity index (χ0) is 12.2. The van der Waals surface area contributed by atoms with Gasteiger partial charge in [0, 0.05) is 6.42 Å². The Kier molecular flexibility index (Phi) is 4.70. The average Bonchev–Trinajstić information content (AvgIpc) is 2.15. The second-order valence-electron chi connectivity index (χ2n) is 4.90. The summed E-state index contributed by atoms with van der Waals surface area (Å²) in [5.74, 6) is -0.281. The van der Waals surface area contributed by atoms with E-state index in [-0.39, 0.29) is 38.0 Å². The van der Waals surface area contributed by atoms with Gasteiger partial charge in [-0.25, -0.2) is 0 Å². The molecule has 2 atom stereocenters. The molecular weight excluding hydrogens is 212 g/mol. The van der Waals surface area contributed by atoms with E-state index in [1.807, 2.05) is 20.8 Å². The molecule has 0 aromatic rings. The van der Waals surface area contributed by atoms with Crippen molar-refractivity contribution in [3.63, 3.8) is 0 Å². The van der Waals surface area contributed by atoms with E-state index in [9.17, 15) is 4.79 Å². The van der Waals surface area contributed by atoms with E-state index in [0.29, 0.717) is 6.42 Å². The van der Waals surface area contributed by atoms with Crippen LogP contribution in [0.1, 0.15) is 33.6 Å². The lowest BCUT2D eigenvalue weighted by atomic mass is 10.1. The second kappa shape index (κ2) is 5.61. The minimum atomic E-state index is -0.474. The predicted molar refractivity (Wildman–Crippen MR) is 56.8 cm³/mol. The fourth-order valence-corrected chi connectivity index (χ4v) is 1.50. The highest BCUT2D eigenvalue weighted by molar-refractivity contribution is 5.70. The Morgan fingerprint density at radius 1 is 1.38 bits per heavy atom. The molecular formula is C11H20O5. The normalized spacial score (nSPS) is 26.5. The van der Waals surface area contributed by atoms with Crippen molar-refractivity contribution in [2.24, 2.45) is 0 Å². The number of hydrogen-bond donors (Lipinski definition) is 1. The summed E-state index contributed by atoms with van der Waals surface area (Å²) in [5, 5.41) is 8.93. The van der Waals surface area contributed by atoms with Gasteiger partial charge in [0.1, 0.15) is 12.4 Å². The summed E-state index contributed by atoms with van der Waals surface area (Å²) in [4.78, 5) is 11.5. The smallest absolute Gasteiger partial charge is 0.308 e. The van der Waals surface area contributed by atoms with Gasteiger partial charge in [0.15, 0.2) is 0 Å². The minimum absolute atomic E-state index is 0.0474. The molecule has 16 heavy (non-hydrogen) atoms. The minimum Gasteiger partial charge on any atom is -0.460 e. The van der Waals surface area contributed by atoms with Crippen molar-refractivity contribution in [3.05, 3.63) is 0 Å². The van der Waals surface area contributed by atoms with Gasteiger partial charge in [0.2, 0.25) is 0 Å². The molecule has 0 aromatic carbocycles. The summed E-state index contributed by atoms with van der Waals surface area (Å²) in [5.41, 5.74) is -0.474. The first-order valence-corrected chi connectivity index (χ1v) is 5.46. The fraction of sp³-hybridized carbons (Fsp3) is 0.909. The van der Waals surface area contributed by atoms with Gasteiger partial charge in [0.25, 0.3) is 0 Å². The highest BCUT2D eigenvalue weighted by atomic mass is 16.7. The van der Waals surface area contributed by atoms with Gasteiger partial charge in [-0.15, -0.1) is 0 Å². The van der Waals surface area contributed by atoms with E-state index in [1.54, 1.807) is 0 Å². The summed E-state index contributed by atoms with van der Waals surface area (Å²) >= 11 is 0. The van der Waals surface area contributed by atoms with Crippen LogP contribution in [0.4, 0.5) is 0 Å². The summed E-state index contributed by atoms with van der Waals surface area (Å²) in [6, 6.07) is 0. The lowest BCUT2D eigenvalue weighted by molar-refractivity contribution is -0.193. The van der Waals surface area contributed by atoms with Gasteiger partial charge in [0.05, 0.1) is 25.2 Å². The molecule has 0 saturated carbocycles. The average molecular weight is 232 g/mol. The van der Waals surface area contributed by atoms with Crippen molar-refractivity contribution in [2.45, 2.75) is 51.4 Å². The Labute approximate surface area is 95.7 Å². The standard InChI is InChI=1S/C11H20O5/c1-11(2,3)16-10(13)5-8-4-9(6-12)15-7-14-8/h8-9,12H,4-7H2,1-3H3/t8-,9+/m1/s1. The Balaban J connectivity index is 2.33. The van der Waals surface area contributed by atoms with Crippen molar-refractivity contribution in [2.75, 3.05) is 13.4 Å². The highest BCUT2D eigenvalue weighted by Gasteiger charge is 2.26. The van der Waals surface area contributed by atoms with Crippen LogP contribution in [0, 0.1) is 0 Å². The molecule has 0 aliphatic carbocycles. The topological polar surface area (TPSA) is 65.0 Å². The molecule has 5 heteroatoms. The Morgan fingerprint density at radius 3 is 2.56 bits per heavy atom. The molecule has 0 radical (unpaired) electrons. The van der Waals surface area contributed by atoms with Crippen LogP contribution in [0.3, 0.4) is 0 Å². The number of hydrogen-bond acceptors (Lipinski definition) is 5. The molecule has 1 fully saturated rings. The van der Waals surface area contributed by atoms with Gasteiger partial charge in [-0.1, -0.05) is 0 Å². The number of esters is 1. The van der Waals surface area contributed by atoms with Gasteiger partial charge in [-0.05, 0) is 20.8 Å². The van der Waals surface area contributed by atoms with Crippen molar-refractivity contribution in [3.8, 4) is 0 Å². The Morgan fingerprint density at radius 2 is 2.00 bits per heavy atom. The molecule has 1 rings (SSSR count). The van der Waals surface area contributed by atoms with Crippen LogP contribution in [0.15, 0.2) is 0 Å². The van der Waals surface area contributed by atoms with Crippen LogP contribution < -0.4 is 0 Å². The predicted octanol–water partition coefficient (Wildman–Crippen LogP) is 0.842. The number of aliphatic hydroxyl groups excluding tert-OH is 1. The molecule has 94 valence electrons. The van der Waals surface area contributed by atoms with Gasteiger partial charge >= 0.3 is 5.97 Å². The zero-order valence-electron chi connectivity index (χ0n) is 10.1. The molecule has 1 saturated heterocycles. The van der Waals surface area contributed by atoms with Crippen LogP contribution in [-0.2, 0) is 19.0 Å². The summed E-state index contributed by atoms with van der Waals surface area (Å²) in [6.45, 7) is 5.55. The van der Waals surface area contributed by atoms with Crippen LogP contribution in [0.2, 0.25) is 0 Å². The number of aliphatic hydroxyl groups is 1. The molecule has 1 N–H and O–H groups in total. The molecule has 1 aliphatic heterocycles. The number of carbonyl (C=O) groups excluding carboxylic acids is 1. The number of carbonyl (C=O) groups is 1. The molecule has 0 bridgehead atoms. The van der Waals surface area contributed by atoms with E-state index < -0.39 is 5.60 Å². The second-order valence-corrected chi connectivity index (χ2v) is 4.90. The highest BCUT2D eigenvalue weighted by Crippen LogP contribution is 2.18. The molecule has 5 nitrogen and oxygen atoms in total. The Bertz CT molecular complexity index is 233. The van der Waals surface area contributed by atoms with E-state index in [4.69, 9.17) is 19.3 Å². The van der Waals surface area contributed by atoms with Crippen LogP contribution in [-0.4, -0.2) is 42.3 Å². The van der Waals surface area contributed by atoms with E-state index in [1.165, 1.54) is 0 Å². The third-order valence-electron chi connectivity index (χ3n) is 2.15. The largest absolute Gasteiger partial charge is 0.460 e.